The summed E-state index contributed by atoms with van der Waals surface area (Å²) in [6.07, 6.45) is 8.83. The van der Waals surface area contributed by atoms with Gasteiger partial charge in [-0.05, 0) is 104 Å². The molecule has 0 bridgehead atoms. The van der Waals surface area contributed by atoms with Crippen LogP contribution in [0, 0.1) is 46.3 Å². The Morgan fingerprint density at radius 1 is 1.14 bits per heavy atom. The Bertz CT molecular complexity index is 1130. The van der Waals surface area contributed by atoms with Gasteiger partial charge in [0.25, 0.3) is 10.0 Å². The maximum Gasteiger partial charge on any atom is 0.267 e. The molecule has 4 saturated carbocycles. The normalized spacial score (nSPS) is 42.4. The van der Waals surface area contributed by atoms with Crippen LogP contribution in [-0.4, -0.2) is 46.9 Å². The van der Waals surface area contributed by atoms with Crippen molar-refractivity contribution < 1.29 is 23.4 Å². The molecule has 4 fully saturated rings. The monoisotopic (exact) mass is 554 g/mol. The van der Waals surface area contributed by atoms with Crippen LogP contribution in [0.15, 0.2) is 4.34 Å². The molecule has 208 valence electrons. The van der Waals surface area contributed by atoms with Gasteiger partial charge in [-0.3, -0.25) is 4.79 Å². The Hall–Kier alpha value is -1.14. The van der Waals surface area contributed by atoms with E-state index in [-0.39, 0.29) is 44.3 Å². The molecule has 0 aliphatic heterocycles. The number of fused-ring (bicyclic) bond motifs is 5. The topological polar surface area (TPSA) is 155 Å². The number of hydrogen-bond acceptors (Lipinski definition) is 8. The summed E-state index contributed by atoms with van der Waals surface area (Å²) in [5.74, 6) is 2.65. The van der Waals surface area contributed by atoms with Gasteiger partial charge in [0.1, 0.15) is 0 Å². The Labute approximate surface area is 224 Å². The lowest BCUT2D eigenvalue weighted by Gasteiger charge is -2.62. The average molecular weight is 555 g/mol. The van der Waals surface area contributed by atoms with E-state index < -0.39 is 10.0 Å². The molecule has 37 heavy (non-hydrogen) atoms. The Morgan fingerprint density at radius 2 is 1.89 bits per heavy atom. The average Bonchev–Trinajstić information content (AvgIpc) is 3.44. The second-order valence-electron chi connectivity index (χ2n) is 12.9. The third kappa shape index (κ3) is 4.77. The van der Waals surface area contributed by atoms with Gasteiger partial charge in [0.2, 0.25) is 15.4 Å². The first kappa shape index (κ1) is 27.4. The minimum Gasteiger partial charge on any atom is -0.393 e. The number of nitrogens with one attached hydrogen (secondary N) is 1. The van der Waals surface area contributed by atoms with Crippen molar-refractivity contribution in [1.82, 2.24) is 10.2 Å². The third-order valence-electron chi connectivity index (χ3n) is 11.2. The molecule has 0 saturated heterocycles. The van der Waals surface area contributed by atoms with E-state index in [4.69, 9.17) is 5.14 Å². The van der Waals surface area contributed by atoms with Crippen molar-refractivity contribution in [3.63, 3.8) is 0 Å². The van der Waals surface area contributed by atoms with Crippen molar-refractivity contribution in [2.24, 2.45) is 51.5 Å². The molecule has 5 N–H and O–H groups in total. The van der Waals surface area contributed by atoms with Crippen molar-refractivity contribution in [3.05, 3.63) is 0 Å². The number of rotatable bonds is 6. The van der Waals surface area contributed by atoms with Crippen molar-refractivity contribution in [3.8, 4) is 0 Å². The molecular formula is C26H42N4O5S2. The van der Waals surface area contributed by atoms with E-state index >= 15 is 0 Å². The maximum atomic E-state index is 12.6. The highest BCUT2D eigenvalue weighted by Crippen LogP contribution is 2.68. The Morgan fingerprint density at radius 3 is 2.59 bits per heavy atom. The molecule has 10 atom stereocenters. The first-order valence-corrected chi connectivity index (χ1v) is 16.2. The van der Waals surface area contributed by atoms with Crippen molar-refractivity contribution >= 4 is 32.4 Å². The Balaban J connectivity index is 1.23. The number of hydrogen-bond donors (Lipinski definition) is 4. The van der Waals surface area contributed by atoms with Crippen LogP contribution in [0.3, 0.4) is 0 Å². The molecule has 0 unspecified atom stereocenters. The maximum absolute atomic E-state index is 12.6. The van der Waals surface area contributed by atoms with Crippen molar-refractivity contribution in [2.75, 3.05) is 5.32 Å². The second kappa shape index (κ2) is 9.80. The van der Waals surface area contributed by atoms with E-state index in [1.165, 1.54) is 12.8 Å². The molecule has 9 nitrogen and oxygen atoms in total. The number of amides is 1. The van der Waals surface area contributed by atoms with E-state index in [0.717, 1.165) is 49.9 Å². The highest BCUT2D eigenvalue weighted by atomic mass is 32.2. The lowest BCUT2D eigenvalue weighted by Crippen LogP contribution is -2.58. The number of carbonyl (C=O) groups is 1. The molecular weight excluding hydrogens is 512 g/mol. The van der Waals surface area contributed by atoms with Gasteiger partial charge in [-0.15, -0.1) is 10.2 Å². The van der Waals surface area contributed by atoms with Crippen LogP contribution in [0.4, 0.5) is 5.13 Å². The van der Waals surface area contributed by atoms with E-state index in [1.807, 2.05) is 0 Å². The first-order valence-electron chi connectivity index (χ1n) is 13.9. The molecule has 4 aliphatic carbocycles. The van der Waals surface area contributed by atoms with Gasteiger partial charge in [0, 0.05) is 6.42 Å². The minimum absolute atomic E-state index is 0.127. The quantitative estimate of drug-likeness (QED) is 0.392. The fourth-order valence-corrected chi connectivity index (χ4v) is 10.6. The third-order valence-corrected chi connectivity index (χ3v) is 13.4. The molecule has 1 aromatic rings. The molecule has 1 heterocycles. The molecule has 0 aromatic carbocycles. The molecule has 0 spiro atoms. The summed E-state index contributed by atoms with van der Waals surface area (Å²) in [7, 11) is -3.94. The fraction of sp³-hybridized carbons (Fsp3) is 0.885. The summed E-state index contributed by atoms with van der Waals surface area (Å²) in [6, 6.07) is 0. The van der Waals surface area contributed by atoms with Gasteiger partial charge in [0.15, 0.2) is 0 Å². The van der Waals surface area contributed by atoms with Gasteiger partial charge in [0.05, 0.1) is 12.2 Å². The van der Waals surface area contributed by atoms with Crippen molar-refractivity contribution in [1.29, 1.82) is 0 Å². The number of primary sulfonamides is 1. The minimum atomic E-state index is -3.94. The Kier molecular flexibility index (Phi) is 7.26. The number of carbonyl (C=O) groups excluding carboxylic acids is 1. The first-order chi connectivity index (χ1) is 17.3. The second-order valence-corrected chi connectivity index (χ2v) is 15.6. The van der Waals surface area contributed by atoms with Crippen LogP contribution in [0.2, 0.25) is 0 Å². The zero-order chi connectivity index (χ0) is 26.8. The smallest absolute Gasteiger partial charge is 0.267 e. The van der Waals surface area contributed by atoms with Gasteiger partial charge >= 0.3 is 0 Å². The summed E-state index contributed by atoms with van der Waals surface area (Å²) in [4.78, 5) is 12.6. The number of aliphatic hydroxyl groups is 2. The molecule has 5 rings (SSSR count). The highest BCUT2D eigenvalue weighted by molar-refractivity contribution is 7.91. The van der Waals surface area contributed by atoms with Crippen LogP contribution in [0.25, 0.3) is 0 Å². The van der Waals surface area contributed by atoms with Crippen LogP contribution in [-0.2, 0) is 14.8 Å². The predicted octanol–water partition coefficient (Wildman–Crippen LogP) is 3.53. The van der Waals surface area contributed by atoms with E-state index in [1.54, 1.807) is 0 Å². The largest absolute Gasteiger partial charge is 0.393 e. The van der Waals surface area contributed by atoms with E-state index in [2.05, 4.69) is 36.3 Å². The number of nitrogens with zero attached hydrogens (tertiary/aromatic N) is 2. The summed E-state index contributed by atoms with van der Waals surface area (Å²) in [6.45, 7) is 6.95. The molecule has 11 heteroatoms. The van der Waals surface area contributed by atoms with E-state index in [9.17, 15) is 23.4 Å². The van der Waals surface area contributed by atoms with Gasteiger partial charge < -0.3 is 15.5 Å². The number of anilines is 1. The van der Waals surface area contributed by atoms with Crippen molar-refractivity contribution in [2.45, 2.75) is 102 Å². The fourth-order valence-electron chi connectivity index (χ4n) is 9.28. The van der Waals surface area contributed by atoms with Gasteiger partial charge in [-0.1, -0.05) is 32.1 Å². The number of sulfonamides is 1. The standard InChI is InChI=1S/C26H42N4O5S2/c1-14(4-9-22(33)28-23-29-30-24(36-23)37(27,34)35)18-7-8-19-17-6-5-15-12-16(31)10-11-25(15,2)20(17)13-21(32)26(18,19)3/h14-21,31-32H,4-13H2,1-3H3,(H2,27,34,35)(H,28,29,33)/t14-,15-,16-,17+,18-,19+,20+,21+,25+,26-/m1/s1. The van der Waals surface area contributed by atoms with E-state index in [0.29, 0.717) is 42.4 Å². The van der Waals surface area contributed by atoms with Crippen LogP contribution < -0.4 is 10.5 Å². The van der Waals surface area contributed by atoms with Crippen LogP contribution in [0.5, 0.6) is 0 Å². The zero-order valence-electron chi connectivity index (χ0n) is 22.1. The van der Waals surface area contributed by atoms with Gasteiger partial charge in [-0.2, -0.15) is 0 Å². The van der Waals surface area contributed by atoms with Crippen LogP contribution in [0.1, 0.15) is 85.0 Å². The lowest BCUT2D eigenvalue weighted by atomic mass is 9.43. The summed E-state index contributed by atoms with van der Waals surface area (Å²) < 4.78 is 22.5. The number of nitrogens with two attached hydrogens (primary N) is 1. The lowest BCUT2D eigenvalue weighted by molar-refractivity contribution is -0.174. The molecule has 1 aromatic heterocycles. The molecule has 4 aliphatic rings. The highest BCUT2D eigenvalue weighted by Gasteiger charge is 2.63. The molecule has 0 radical (unpaired) electrons. The summed E-state index contributed by atoms with van der Waals surface area (Å²) >= 11 is 0.746. The molecule has 1 amide bonds. The van der Waals surface area contributed by atoms with Gasteiger partial charge in [-0.25, -0.2) is 13.6 Å². The SMILES string of the molecule is C[C@H](CCC(=O)Nc1nnc(S(N)(=O)=O)s1)[C@H]1CC[C@H]2[C@@H]3CC[C@@H]4C[C@H](O)CC[C@]4(C)[C@H]3C[C@H](O)[C@]12C. The predicted molar refractivity (Wildman–Crippen MR) is 141 cm³/mol. The number of aromatic nitrogens is 2. The zero-order valence-corrected chi connectivity index (χ0v) is 23.7. The summed E-state index contributed by atoms with van der Waals surface area (Å²) in [5.41, 5.74) is 0.0814. The summed E-state index contributed by atoms with van der Waals surface area (Å²) in [5, 5.41) is 37.1. The number of aliphatic hydroxyl groups excluding tert-OH is 2. The van der Waals surface area contributed by atoms with Crippen LogP contribution >= 0.6 is 11.3 Å².